The molecule has 1 aromatic heterocycles. The molecule has 0 saturated carbocycles. The van der Waals surface area contributed by atoms with Gasteiger partial charge in [-0.3, -0.25) is 9.56 Å². The summed E-state index contributed by atoms with van der Waals surface area (Å²) in [7, 11) is 1.31. The summed E-state index contributed by atoms with van der Waals surface area (Å²) in [6.45, 7) is 1.98. The van der Waals surface area contributed by atoms with E-state index in [0.717, 1.165) is 5.69 Å². The molecule has 0 atom stereocenters. The molecule has 2 heterocycles. The fourth-order valence-corrected chi connectivity index (χ4v) is 3.46. The first-order valence-electron chi connectivity index (χ1n) is 8.27. The lowest BCUT2D eigenvalue weighted by molar-refractivity contribution is 0.0593. The fourth-order valence-electron chi connectivity index (χ4n) is 3.29. The van der Waals surface area contributed by atoms with Gasteiger partial charge in [0.15, 0.2) is 5.69 Å². The molecule has 7 heteroatoms. The van der Waals surface area contributed by atoms with E-state index >= 15 is 0 Å². The minimum Gasteiger partial charge on any atom is -0.464 e. The number of fused-ring (bicyclic) bond motifs is 3. The van der Waals surface area contributed by atoms with Crippen molar-refractivity contribution in [2.24, 2.45) is 4.99 Å². The second kappa shape index (κ2) is 6.63. The average Bonchev–Trinajstić information content (AvgIpc) is 2.90. The van der Waals surface area contributed by atoms with Crippen LogP contribution in [0.2, 0.25) is 5.02 Å². The molecule has 0 bridgehead atoms. The Balaban J connectivity index is 1.99. The number of nitrogens with zero attached hydrogens (tertiary/aromatic N) is 3. The van der Waals surface area contributed by atoms with Gasteiger partial charge < -0.3 is 4.74 Å². The highest BCUT2D eigenvalue weighted by Gasteiger charge is 2.26. The number of hydrogen-bond donors (Lipinski definition) is 0. The van der Waals surface area contributed by atoms with E-state index in [0.29, 0.717) is 33.4 Å². The maximum atomic E-state index is 14.5. The van der Waals surface area contributed by atoms with E-state index in [1.165, 1.54) is 13.2 Å². The number of ether oxygens (including phenoxy) is 1. The first-order chi connectivity index (χ1) is 13.0. The first-order valence-corrected chi connectivity index (χ1v) is 8.65. The second-order valence-electron chi connectivity index (χ2n) is 6.10. The molecule has 0 N–H and O–H groups in total. The van der Waals surface area contributed by atoms with Crippen molar-refractivity contribution in [3.8, 4) is 5.69 Å². The SMILES string of the molecule is COC(=O)c1nc2n(c1C)-c1ccc(Cl)cc1C(c1ccccc1F)=NC2. The largest absolute Gasteiger partial charge is 0.464 e. The molecular formula is C20H15ClFN3O2. The fraction of sp³-hybridized carbons (Fsp3) is 0.150. The smallest absolute Gasteiger partial charge is 0.358 e. The third-order valence-electron chi connectivity index (χ3n) is 4.52. The van der Waals surface area contributed by atoms with E-state index in [4.69, 9.17) is 16.3 Å². The monoisotopic (exact) mass is 383 g/mol. The Morgan fingerprint density at radius 3 is 2.74 bits per heavy atom. The molecule has 4 rings (SSSR count). The molecule has 0 aliphatic carbocycles. The molecule has 27 heavy (non-hydrogen) atoms. The summed E-state index contributed by atoms with van der Waals surface area (Å²) in [5, 5.41) is 0.507. The number of carbonyl (C=O) groups is 1. The van der Waals surface area contributed by atoms with E-state index < -0.39 is 5.97 Å². The van der Waals surface area contributed by atoms with Crippen molar-refractivity contribution in [3.63, 3.8) is 0 Å². The highest BCUT2D eigenvalue weighted by atomic mass is 35.5. The summed E-state index contributed by atoms with van der Waals surface area (Å²) in [5.74, 6) is -0.307. The predicted octanol–water partition coefficient (Wildman–Crippen LogP) is 4.11. The van der Waals surface area contributed by atoms with Crippen LogP contribution in [0, 0.1) is 12.7 Å². The lowest BCUT2D eigenvalue weighted by Crippen LogP contribution is -2.10. The summed E-state index contributed by atoms with van der Waals surface area (Å²) in [6.07, 6.45) is 0. The molecule has 3 aromatic rings. The first kappa shape index (κ1) is 17.4. The molecule has 0 amide bonds. The van der Waals surface area contributed by atoms with Crippen LogP contribution in [-0.4, -0.2) is 28.3 Å². The summed E-state index contributed by atoms with van der Waals surface area (Å²) in [4.78, 5) is 21.0. The number of rotatable bonds is 2. The van der Waals surface area contributed by atoms with E-state index in [-0.39, 0.29) is 18.1 Å². The Morgan fingerprint density at radius 1 is 1.22 bits per heavy atom. The van der Waals surface area contributed by atoms with E-state index in [1.54, 1.807) is 37.3 Å². The van der Waals surface area contributed by atoms with E-state index in [1.807, 2.05) is 10.6 Å². The number of benzene rings is 2. The van der Waals surface area contributed by atoms with E-state index in [2.05, 4.69) is 9.98 Å². The summed E-state index contributed by atoms with van der Waals surface area (Å²) >= 11 is 6.22. The van der Waals surface area contributed by atoms with Crippen LogP contribution >= 0.6 is 11.6 Å². The van der Waals surface area contributed by atoms with Gasteiger partial charge in [0.05, 0.1) is 30.7 Å². The second-order valence-corrected chi connectivity index (χ2v) is 6.53. The predicted molar refractivity (Wildman–Crippen MR) is 100 cm³/mol. The quantitative estimate of drug-likeness (QED) is 0.626. The highest BCUT2D eigenvalue weighted by molar-refractivity contribution is 6.31. The van der Waals surface area contributed by atoms with Gasteiger partial charge in [0.2, 0.25) is 0 Å². The number of halogens is 2. The van der Waals surface area contributed by atoms with Crippen molar-refractivity contribution >= 4 is 23.3 Å². The molecular weight excluding hydrogens is 369 g/mol. The number of esters is 1. The van der Waals surface area contributed by atoms with Crippen LogP contribution in [0.25, 0.3) is 5.69 Å². The van der Waals surface area contributed by atoms with E-state index in [9.17, 15) is 9.18 Å². The van der Waals surface area contributed by atoms with Crippen molar-refractivity contribution in [1.82, 2.24) is 9.55 Å². The minimum absolute atomic E-state index is 0.188. The van der Waals surface area contributed by atoms with Crippen LogP contribution < -0.4 is 0 Å². The van der Waals surface area contributed by atoms with Crippen molar-refractivity contribution < 1.29 is 13.9 Å². The van der Waals surface area contributed by atoms with Gasteiger partial charge in [-0.1, -0.05) is 23.7 Å². The van der Waals surface area contributed by atoms with Crippen LogP contribution in [0.4, 0.5) is 4.39 Å². The average molecular weight is 384 g/mol. The zero-order chi connectivity index (χ0) is 19.1. The van der Waals surface area contributed by atoms with Crippen LogP contribution in [0.1, 0.15) is 33.1 Å². The van der Waals surface area contributed by atoms with Crippen LogP contribution in [0.3, 0.4) is 0 Å². The normalized spacial score (nSPS) is 12.7. The van der Waals surface area contributed by atoms with Crippen LogP contribution in [0.15, 0.2) is 47.5 Å². The summed E-state index contributed by atoms with van der Waals surface area (Å²) < 4.78 is 21.1. The molecule has 0 spiro atoms. The lowest BCUT2D eigenvalue weighted by atomic mass is 10.00. The Bertz CT molecular complexity index is 1100. The maximum absolute atomic E-state index is 14.5. The van der Waals surface area contributed by atoms with Gasteiger partial charge in [-0.25, -0.2) is 14.2 Å². The van der Waals surface area contributed by atoms with Gasteiger partial charge in [0.1, 0.15) is 11.6 Å². The van der Waals surface area contributed by atoms with Crippen molar-refractivity contribution in [2.75, 3.05) is 7.11 Å². The maximum Gasteiger partial charge on any atom is 0.358 e. The topological polar surface area (TPSA) is 56.5 Å². The van der Waals surface area contributed by atoms with Gasteiger partial charge in [-0.2, -0.15) is 0 Å². The molecule has 0 fully saturated rings. The summed E-state index contributed by atoms with van der Waals surface area (Å²) in [5.41, 5.74) is 3.15. The molecule has 1 aliphatic rings. The zero-order valence-electron chi connectivity index (χ0n) is 14.7. The Hall–Kier alpha value is -2.99. The lowest BCUT2D eigenvalue weighted by Gasteiger charge is -2.14. The number of methoxy groups -OCH3 is 1. The van der Waals surface area contributed by atoms with Gasteiger partial charge >= 0.3 is 5.97 Å². The molecule has 0 radical (unpaired) electrons. The zero-order valence-corrected chi connectivity index (χ0v) is 15.4. The van der Waals surface area contributed by atoms with Gasteiger partial charge in [-0.05, 0) is 37.3 Å². The Labute approximate surface area is 160 Å². The van der Waals surface area contributed by atoms with Gasteiger partial charge in [0.25, 0.3) is 0 Å². The molecule has 5 nitrogen and oxygen atoms in total. The van der Waals surface area contributed by atoms with Crippen molar-refractivity contribution in [3.05, 3.63) is 81.6 Å². The van der Waals surface area contributed by atoms with Crippen LogP contribution in [-0.2, 0) is 11.3 Å². The Kier molecular flexibility index (Phi) is 4.28. The number of carbonyl (C=O) groups excluding carboxylic acids is 1. The molecule has 2 aromatic carbocycles. The summed E-state index contributed by atoms with van der Waals surface area (Å²) in [6, 6.07) is 11.8. The molecule has 136 valence electrons. The minimum atomic E-state index is -0.512. The van der Waals surface area contributed by atoms with Crippen molar-refractivity contribution in [1.29, 1.82) is 0 Å². The van der Waals surface area contributed by atoms with Gasteiger partial charge in [0, 0.05) is 16.1 Å². The third-order valence-corrected chi connectivity index (χ3v) is 4.75. The number of aromatic nitrogens is 2. The standard InChI is InChI=1S/C20H15ClFN3O2/c1-11-18(20(26)27-2)24-17-10-23-19(13-5-3-4-6-15(13)22)14-9-12(21)7-8-16(14)25(11)17/h3-9H,10H2,1-2H3. The third kappa shape index (κ3) is 2.82. The number of hydrogen-bond acceptors (Lipinski definition) is 4. The van der Waals surface area contributed by atoms with Crippen LogP contribution in [0.5, 0.6) is 0 Å². The molecule has 0 saturated heterocycles. The highest BCUT2D eigenvalue weighted by Crippen LogP contribution is 2.30. The molecule has 1 aliphatic heterocycles. The van der Waals surface area contributed by atoms with Gasteiger partial charge in [-0.15, -0.1) is 0 Å². The number of aliphatic imine (C=N–C) groups is 1. The number of imidazole rings is 1. The Morgan fingerprint density at radius 2 is 2.00 bits per heavy atom. The molecule has 0 unspecified atom stereocenters. The van der Waals surface area contributed by atoms with Crippen molar-refractivity contribution in [2.45, 2.75) is 13.5 Å².